The molecule has 1 aliphatic heterocycles. The molecule has 0 bridgehead atoms. The van der Waals surface area contributed by atoms with Crippen LogP contribution < -0.4 is 5.73 Å². The Morgan fingerprint density at radius 3 is 2.67 bits per heavy atom. The van der Waals surface area contributed by atoms with Crippen LogP contribution in [0.25, 0.3) is 0 Å². The largest absolute Gasteiger partial charge is 0.463 e. The van der Waals surface area contributed by atoms with Gasteiger partial charge in [-0.25, -0.2) is 0 Å². The molecule has 88 valence electrons. The van der Waals surface area contributed by atoms with Gasteiger partial charge in [0.25, 0.3) is 0 Å². The van der Waals surface area contributed by atoms with Gasteiger partial charge in [0.15, 0.2) is 0 Å². The third kappa shape index (κ3) is 3.02. The molecule has 2 unspecified atom stereocenters. The fourth-order valence-electron chi connectivity index (χ4n) is 1.28. The molecule has 0 aromatic rings. The van der Waals surface area contributed by atoms with Crippen LogP contribution in [0.3, 0.4) is 0 Å². The molecule has 1 rings (SSSR count). The molecule has 1 fully saturated rings. The van der Waals surface area contributed by atoms with Crippen LogP contribution in [0.1, 0.15) is 6.92 Å². The summed E-state index contributed by atoms with van der Waals surface area (Å²) < 4.78 is 9.73. The van der Waals surface area contributed by atoms with Crippen LogP contribution in [-0.2, 0) is 14.3 Å². The van der Waals surface area contributed by atoms with Gasteiger partial charge in [-0.2, -0.15) is 0 Å². The number of aliphatic hydroxyl groups is 2. The average Bonchev–Trinajstić information content (AvgIpc) is 2.18. The maximum Gasteiger partial charge on any atom is 0.302 e. The molecule has 15 heavy (non-hydrogen) atoms. The van der Waals surface area contributed by atoms with Crippen molar-refractivity contribution in [2.45, 2.75) is 36.8 Å². The smallest absolute Gasteiger partial charge is 0.302 e. The minimum atomic E-state index is -1.21. The predicted molar refractivity (Wildman–Crippen MR) is 51.1 cm³/mol. The van der Waals surface area contributed by atoms with Gasteiger partial charge in [-0.05, 0) is 0 Å². The summed E-state index contributed by atoms with van der Waals surface area (Å²) in [6, 6.07) is -0.866. The first-order valence-electron chi connectivity index (χ1n) is 4.48. The van der Waals surface area contributed by atoms with E-state index in [1.54, 1.807) is 0 Å². The van der Waals surface area contributed by atoms with Crippen LogP contribution in [0.2, 0.25) is 0 Å². The zero-order valence-corrected chi connectivity index (χ0v) is 8.92. The molecule has 0 aliphatic carbocycles. The van der Waals surface area contributed by atoms with Gasteiger partial charge in [0.05, 0.1) is 6.04 Å². The van der Waals surface area contributed by atoms with Crippen LogP contribution in [0.15, 0.2) is 0 Å². The minimum absolute atomic E-state index is 0.163. The number of nitrogens with two attached hydrogens (primary N) is 1. The third-order valence-electron chi connectivity index (χ3n) is 2.18. The Balaban J connectivity index is 2.54. The summed E-state index contributed by atoms with van der Waals surface area (Å²) in [5, 5.41) is 19.0. The van der Waals surface area contributed by atoms with Crippen molar-refractivity contribution in [2.24, 2.45) is 5.73 Å². The van der Waals surface area contributed by atoms with E-state index in [1.165, 1.54) is 6.92 Å². The van der Waals surface area contributed by atoms with Gasteiger partial charge in [-0.15, -0.1) is 0 Å². The monoisotopic (exact) mass is 239 g/mol. The van der Waals surface area contributed by atoms with Crippen molar-refractivity contribution in [3.05, 3.63) is 0 Å². The number of rotatable bonds is 2. The van der Waals surface area contributed by atoms with Crippen LogP contribution in [0.4, 0.5) is 0 Å². The molecule has 0 saturated carbocycles. The predicted octanol–water partition coefficient (Wildman–Crippen LogP) is -1.44. The maximum absolute atomic E-state index is 10.5. The van der Waals surface area contributed by atoms with E-state index < -0.39 is 35.9 Å². The Labute approximate surface area is 91.9 Å². The lowest BCUT2D eigenvalue weighted by Gasteiger charge is -2.38. The SMILES string of the molecule is CC(=O)OCC1O[C@H](Cl)C(N)[C@@H](O)[C@@H]1O. The molecule has 0 radical (unpaired) electrons. The van der Waals surface area contributed by atoms with E-state index in [9.17, 15) is 15.0 Å². The van der Waals surface area contributed by atoms with E-state index >= 15 is 0 Å². The van der Waals surface area contributed by atoms with E-state index in [1.807, 2.05) is 0 Å². The first kappa shape index (κ1) is 12.7. The molecule has 0 aromatic heterocycles. The minimum Gasteiger partial charge on any atom is -0.463 e. The van der Waals surface area contributed by atoms with Crippen LogP contribution >= 0.6 is 11.6 Å². The van der Waals surface area contributed by atoms with Gasteiger partial charge >= 0.3 is 5.97 Å². The summed E-state index contributed by atoms with van der Waals surface area (Å²) in [7, 11) is 0. The number of alkyl halides is 1. The summed E-state index contributed by atoms with van der Waals surface area (Å²) in [6.07, 6.45) is -3.26. The van der Waals surface area contributed by atoms with Gasteiger partial charge in [0.2, 0.25) is 0 Å². The second kappa shape index (κ2) is 5.09. The molecular weight excluding hydrogens is 226 g/mol. The summed E-state index contributed by atoms with van der Waals surface area (Å²) in [5.74, 6) is -0.499. The van der Waals surface area contributed by atoms with E-state index in [2.05, 4.69) is 4.74 Å². The molecule has 0 amide bonds. The highest BCUT2D eigenvalue weighted by molar-refractivity contribution is 6.20. The van der Waals surface area contributed by atoms with Crippen molar-refractivity contribution >= 4 is 17.6 Å². The summed E-state index contributed by atoms with van der Waals surface area (Å²) in [5.41, 5.74) is 4.54. The summed E-state index contributed by atoms with van der Waals surface area (Å²) in [6.45, 7) is 1.07. The molecule has 1 heterocycles. The quantitative estimate of drug-likeness (QED) is 0.403. The highest BCUT2D eigenvalue weighted by atomic mass is 35.5. The van der Waals surface area contributed by atoms with Crippen molar-refractivity contribution < 1.29 is 24.5 Å². The Morgan fingerprint density at radius 2 is 2.13 bits per heavy atom. The molecule has 6 nitrogen and oxygen atoms in total. The number of carbonyl (C=O) groups excluding carboxylic acids is 1. The summed E-state index contributed by atoms with van der Waals surface area (Å²) in [4.78, 5) is 10.5. The molecule has 0 spiro atoms. The Kier molecular flexibility index (Phi) is 4.30. The molecule has 7 heteroatoms. The maximum atomic E-state index is 10.5. The van der Waals surface area contributed by atoms with E-state index in [0.29, 0.717) is 0 Å². The first-order valence-corrected chi connectivity index (χ1v) is 4.91. The number of aliphatic hydroxyl groups excluding tert-OH is 2. The topological polar surface area (TPSA) is 102 Å². The fourth-order valence-corrected chi connectivity index (χ4v) is 1.56. The molecule has 5 atom stereocenters. The first-order chi connectivity index (χ1) is 6.93. The molecule has 1 saturated heterocycles. The lowest BCUT2D eigenvalue weighted by atomic mass is 9.99. The van der Waals surface area contributed by atoms with Crippen LogP contribution in [0.5, 0.6) is 0 Å². The van der Waals surface area contributed by atoms with Gasteiger partial charge in [-0.1, -0.05) is 11.6 Å². The Morgan fingerprint density at radius 1 is 1.53 bits per heavy atom. The van der Waals surface area contributed by atoms with Crippen molar-refractivity contribution in [1.29, 1.82) is 0 Å². The number of hydrogen-bond acceptors (Lipinski definition) is 6. The van der Waals surface area contributed by atoms with Gasteiger partial charge < -0.3 is 25.4 Å². The number of halogens is 1. The van der Waals surface area contributed by atoms with E-state index in [0.717, 1.165) is 0 Å². The van der Waals surface area contributed by atoms with Gasteiger partial charge in [-0.3, -0.25) is 4.79 Å². The number of hydrogen-bond donors (Lipinski definition) is 3. The third-order valence-corrected chi connectivity index (χ3v) is 2.58. The highest BCUT2D eigenvalue weighted by Crippen LogP contribution is 2.22. The van der Waals surface area contributed by atoms with Crippen molar-refractivity contribution in [3.8, 4) is 0 Å². The van der Waals surface area contributed by atoms with Crippen molar-refractivity contribution in [1.82, 2.24) is 0 Å². The fraction of sp³-hybridized carbons (Fsp3) is 0.875. The Hall–Kier alpha value is -0.400. The van der Waals surface area contributed by atoms with E-state index in [4.69, 9.17) is 22.1 Å². The molecular formula is C8H14ClNO5. The number of ether oxygens (including phenoxy) is 2. The summed E-state index contributed by atoms with van der Waals surface area (Å²) >= 11 is 5.68. The lowest BCUT2D eigenvalue weighted by Crippen LogP contribution is -2.60. The normalized spacial score (nSPS) is 41.3. The molecule has 0 aromatic carbocycles. The number of carbonyl (C=O) groups is 1. The second-order valence-electron chi connectivity index (χ2n) is 3.39. The van der Waals surface area contributed by atoms with Crippen LogP contribution in [0, 0.1) is 0 Å². The zero-order valence-electron chi connectivity index (χ0n) is 8.17. The van der Waals surface area contributed by atoms with Crippen LogP contribution in [-0.4, -0.2) is 52.7 Å². The zero-order chi connectivity index (χ0) is 11.6. The number of esters is 1. The highest BCUT2D eigenvalue weighted by Gasteiger charge is 2.42. The molecule has 4 N–H and O–H groups in total. The van der Waals surface area contributed by atoms with Gasteiger partial charge in [0, 0.05) is 6.92 Å². The second-order valence-corrected chi connectivity index (χ2v) is 3.82. The standard InChI is InChI=1S/C8H14ClNO5/c1-3(11)14-2-4-6(12)7(13)5(10)8(9)15-4/h4-8,12-13H,2,10H2,1H3/t4?,5?,6-,7-,8+/m1/s1. The molecule has 1 aliphatic rings. The van der Waals surface area contributed by atoms with E-state index in [-0.39, 0.29) is 6.61 Å². The Bertz CT molecular complexity index is 239. The average molecular weight is 240 g/mol. The van der Waals surface area contributed by atoms with Crippen molar-refractivity contribution in [3.63, 3.8) is 0 Å². The van der Waals surface area contributed by atoms with Crippen molar-refractivity contribution in [2.75, 3.05) is 6.61 Å². The van der Waals surface area contributed by atoms with Gasteiger partial charge in [0.1, 0.15) is 30.5 Å². The lowest BCUT2D eigenvalue weighted by molar-refractivity contribution is -0.180.